The molecule has 2 aromatic heterocycles. The molecule has 0 bridgehead atoms. The highest BCUT2D eigenvalue weighted by molar-refractivity contribution is 7.20. The van der Waals surface area contributed by atoms with Gasteiger partial charge in [0.1, 0.15) is 12.1 Å². The minimum absolute atomic E-state index is 0.349. The number of carbonyl (C=O) groups is 3. The lowest BCUT2D eigenvalue weighted by atomic mass is 9.92. The second-order valence-electron chi connectivity index (χ2n) is 8.26. The maximum absolute atomic E-state index is 12.7. The van der Waals surface area contributed by atoms with Crippen LogP contribution in [0.25, 0.3) is 16.2 Å². The molecule has 3 aromatic rings. The zero-order chi connectivity index (χ0) is 22.2. The predicted octanol–water partition coefficient (Wildman–Crippen LogP) is 3.14. The lowest BCUT2D eigenvalue weighted by molar-refractivity contribution is -0.133. The normalized spacial score (nSPS) is 18.8. The van der Waals surface area contributed by atoms with Gasteiger partial charge >= 0.3 is 6.03 Å². The van der Waals surface area contributed by atoms with Gasteiger partial charge in [-0.05, 0) is 25.7 Å². The summed E-state index contributed by atoms with van der Waals surface area (Å²) in [5, 5.41) is 10.1. The van der Waals surface area contributed by atoms with Gasteiger partial charge in [0.15, 0.2) is 0 Å². The number of rotatable bonds is 7. The van der Waals surface area contributed by atoms with Gasteiger partial charge < -0.3 is 5.32 Å². The van der Waals surface area contributed by atoms with Crippen molar-refractivity contribution in [2.24, 2.45) is 5.92 Å². The lowest BCUT2D eigenvalue weighted by Gasteiger charge is -2.22. The molecule has 0 unspecified atom stereocenters. The van der Waals surface area contributed by atoms with Crippen LogP contribution in [0.1, 0.15) is 33.6 Å². The average molecular weight is 441 g/mol. The molecule has 9 nitrogen and oxygen atoms in total. The first kappa shape index (κ1) is 21.0. The third kappa shape index (κ3) is 4.29. The van der Waals surface area contributed by atoms with Gasteiger partial charge in [-0.2, -0.15) is 0 Å². The van der Waals surface area contributed by atoms with Crippen LogP contribution in [0.15, 0.2) is 36.5 Å². The first-order chi connectivity index (χ1) is 14.7. The number of amides is 4. The van der Waals surface area contributed by atoms with Crippen molar-refractivity contribution < 1.29 is 14.4 Å². The summed E-state index contributed by atoms with van der Waals surface area (Å²) in [4.78, 5) is 43.6. The van der Waals surface area contributed by atoms with E-state index in [0.29, 0.717) is 22.4 Å². The number of imide groups is 1. The van der Waals surface area contributed by atoms with E-state index >= 15 is 0 Å². The Kier molecular flexibility index (Phi) is 5.48. The molecule has 1 aromatic carbocycles. The summed E-state index contributed by atoms with van der Waals surface area (Å²) in [6.45, 7) is 5.46. The van der Waals surface area contributed by atoms with Crippen molar-refractivity contribution in [3.8, 4) is 11.3 Å². The fourth-order valence-electron chi connectivity index (χ4n) is 3.44. The maximum atomic E-state index is 12.7. The first-order valence-electron chi connectivity index (χ1n) is 10.1. The highest BCUT2D eigenvalue weighted by atomic mass is 32.1. The van der Waals surface area contributed by atoms with Crippen LogP contribution in [0.5, 0.6) is 0 Å². The van der Waals surface area contributed by atoms with Crippen LogP contribution in [0, 0.1) is 5.92 Å². The van der Waals surface area contributed by atoms with Crippen LogP contribution in [-0.2, 0) is 9.59 Å². The Morgan fingerprint density at radius 3 is 2.68 bits per heavy atom. The van der Waals surface area contributed by atoms with Crippen LogP contribution < -0.4 is 10.6 Å². The molecule has 1 atom stereocenters. The fraction of sp³-hybridized carbons (Fsp3) is 0.381. The van der Waals surface area contributed by atoms with E-state index in [1.54, 1.807) is 17.6 Å². The van der Waals surface area contributed by atoms with Crippen molar-refractivity contribution in [2.75, 3.05) is 11.9 Å². The van der Waals surface area contributed by atoms with Crippen molar-refractivity contribution >= 4 is 39.3 Å². The van der Waals surface area contributed by atoms with Gasteiger partial charge in [-0.25, -0.2) is 14.3 Å². The summed E-state index contributed by atoms with van der Waals surface area (Å²) < 4.78 is 1.60. The minimum atomic E-state index is -0.975. The van der Waals surface area contributed by atoms with E-state index in [1.165, 1.54) is 11.3 Å². The van der Waals surface area contributed by atoms with Gasteiger partial charge in [-0.15, -0.1) is 5.10 Å². The molecule has 0 saturated carbocycles. The Bertz CT molecular complexity index is 1110. The minimum Gasteiger partial charge on any atom is -0.323 e. The molecule has 4 amide bonds. The van der Waals surface area contributed by atoms with E-state index < -0.39 is 17.5 Å². The largest absolute Gasteiger partial charge is 0.325 e. The van der Waals surface area contributed by atoms with Crippen LogP contribution >= 0.6 is 11.3 Å². The predicted molar refractivity (Wildman–Crippen MR) is 118 cm³/mol. The molecule has 10 heteroatoms. The van der Waals surface area contributed by atoms with Crippen molar-refractivity contribution in [3.63, 3.8) is 0 Å². The number of aromatic nitrogens is 3. The summed E-state index contributed by atoms with van der Waals surface area (Å²) in [5.41, 5.74) is 0.791. The van der Waals surface area contributed by atoms with Gasteiger partial charge in [0, 0.05) is 5.56 Å². The summed E-state index contributed by atoms with van der Waals surface area (Å²) >= 11 is 1.22. The Morgan fingerprint density at radius 2 is 2.00 bits per heavy atom. The smallest absolute Gasteiger partial charge is 0.323 e. The molecule has 1 saturated heterocycles. The molecule has 0 radical (unpaired) electrons. The number of benzene rings is 1. The number of fused-ring (bicyclic) bond motifs is 1. The molecular weight excluding hydrogens is 416 g/mol. The Balaban J connectivity index is 1.40. The van der Waals surface area contributed by atoms with Gasteiger partial charge in [-0.1, -0.05) is 55.5 Å². The molecule has 1 aliphatic heterocycles. The molecule has 4 rings (SSSR count). The molecule has 3 heterocycles. The van der Waals surface area contributed by atoms with Crippen LogP contribution in [0.3, 0.4) is 0 Å². The Labute approximate surface area is 183 Å². The maximum Gasteiger partial charge on any atom is 0.325 e. The Hall–Kier alpha value is -3.27. The van der Waals surface area contributed by atoms with Crippen LogP contribution in [0.2, 0.25) is 0 Å². The van der Waals surface area contributed by atoms with E-state index in [4.69, 9.17) is 0 Å². The van der Waals surface area contributed by atoms with Crippen LogP contribution in [0.4, 0.5) is 9.93 Å². The number of nitrogens with zero attached hydrogens (tertiary/aromatic N) is 4. The van der Waals surface area contributed by atoms with Gasteiger partial charge in [0.2, 0.25) is 16.0 Å². The Morgan fingerprint density at radius 1 is 1.26 bits per heavy atom. The number of anilines is 1. The highest BCUT2D eigenvalue weighted by Crippen LogP contribution is 2.26. The second-order valence-corrected chi connectivity index (χ2v) is 9.22. The van der Waals surface area contributed by atoms with Gasteiger partial charge in [0.05, 0.1) is 11.9 Å². The van der Waals surface area contributed by atoms with Crippen molar-refractivity contribution in [3.05, 3.63) is 36.5 Å². The van der Waals surface area contributed by atoms with E-state index in [0.717, 1.165) is 22.6 Å². The van der Waals surface area contributed by atoms with Crippen molar-refractivity contribution in [1.29, 1.82) is 0 Å². The first-order valence-corrected chi connectivity index (χ1v) is 10.9. The topological polar surface area (TPSA) is 109 Å². The van der Waals surface area contributed by atoms with Crippen LogP contribution in [-0.4, -0.2) is 49.4 Å². The summed E-state index contributed by atoms with van der Waals surface area (Å²) in [5.74, 6) is -0.461. The number of nitrogens with one attached hydrogen (secondary N) is 2. The lowest BCUT2D eigenvalue weighted by Crippen LogP contribution is -2.44. The quantitative estimate of drug-likeness (QED) is 0.549. The summed E-state index contributed by atoms with van der Waals surface area (Å²) in [7, 11) is 0. The molecule has 1 aliphatic rings. The van der Waals surface area contributed by atoms with Crippen molar-refractivity contribution in [1.82, 2.24) is 24.8 Å². The van der Waals surface area contributed by atoms with E-state index in [-0.39, 0.29) is 12.5 Å². The summed E-state index contributed by atoms with van der Waals surface area (Å²) in [6, 6.07) is 9.18. The second kappa shape index (κ2) is 8.10. The third-order valence-electron chi connectivity index (χ3n) is 5.23. The molecule has 1 fully saturated rings. The molecule has 31 heavy (non-hydrogen) atoms. The molecule has 162 valence electrons. The standard InChI is InChI=1S/C21H24N6O3S/c1-13(2)9-10-21(3)17(29)26(19(30)24-21)12-16(28)23-18-25-27-11-15(22-20(27)31-18)14-7-5-4-6-8-14/h4-8,11,13H,9-10,12H2,1-3H3,(H,24,30)(H,23,25,28)/t21-/m1/s1. The monoisotopic (exact) mass is 440 g/mol. The van der Waals surface area contributed by atoms with Gasteiger partial charge in [-0.3, -0.25) is 19.8 Å². The highest BCUT2D eigenvalue weighted by Gasteiger charge is 2.47. The zero-order valence-corrected chi connectivity index (χ0v) is 18.4. The van der Waals surface area contributed by atoms with Gasteiger partial charge in [0.25, 0.3) is 5.91 Å². The fourth-order valence-corrected chi connectivity index (χ4v) is 4.24. The number of hydrogen-bond donors (Lipinski definition) is 2. The zero-order valence-electron chi connectivity index (χ0n) is 17.6. The number of imidazole rings is 1. The van der Waals surface area contributed by atoms with E-state index in [2.05, 4.69) is 34.6 Å². The number of hydrogen-bond acceptors (Lipinski definition) is 6. The van der Waals surface area contributed by atoms with E-state index in [1.807, 2.05) is 30.3 Å². The number of urea groups is 1. The van der Waals surface area contributed by atoms with Crippen molar-refractivity contribution in [2.45, 2.75) is 39.2 Å². The third-order valence-corrected chi connectivity index (χ3v) is 6.07. The molecule has 0 spiro atoms. The molecular formula is C21H24N6O3S. The van der Waals surface area contributed by atoms with E-state index in [9.17, 15) is 14.4 Å². The molecule has 0 aliphatic carbocycles. The summed E-state index contributed by atoms with van der Waals surface area (Å²) in [6.07, 6.45) is 3.11. The number of carbonyl (C=O) groups excluding carboxylic acids is 3. The SMILES string of the molecule is CC(C)CC[C@@]1(C)NC(=O)N(CC(=O)Nc2nn3cc(-c4ccccc4)nc3s2)C1=O. The average Bonchev–Trinajstić information content (AvgIpc) is 3.34. The molecule has 2 N–H and O–H groups in total.